The van der Waals surface area contributed by atoms with E-state index in [0.717, 1.165) is 53.7 Å². The summed E-state index contributed by atoms with van der Waals surface area (Å²) >= 11 is 13.9. The Morgan fingerprint density at radius 3 is 2.60 bits per heavy atom. The zero-order valence-electron chi connectivity index (χ0n) is 29.2. The van der Waals surface area contributed by atoms with E-state index in [2.05, 4.69) is 46.5 Å². The van der Waals surface area contributed by atoms with E-state index in [1.807, 2.05) is 37.3 Å². The number of aliphatic hydroxyl groups excluding tert-OH is 1. The maximum atomic E-state index is 9.54. The van der Waals surface area contributed by atoms with Gasteiger partial charge in [-0.05, 0) is 81.1 Å². The maximum Gasteiger partial charge on any atom is 0.373 e. The Bertz CT molecular complexity index is 1910. The van der Waals surface area contributed by atoms with Crippen molar-refractivity contribution in [1.82, 2.24) is 15.2 Å². The summed E-state index contributed by atoms with van der Waals surface area (Å²) < 4.78 is 19.2. The molecule has 1 aromatic heterocycles. The van der Waals surface area contributed by atoms with Gasteiger partial charge in [0.15, 0.2) is 0 Å². The molecule has 4 aromatic rings. The first-order chi connectivity index (χ1) is 25.2. The molecule has 6 rings (SSSR count). The molecular weight excluding hydrogens is 703 g/mol. The summed E-state index contributed by atoms with van der Waals surface area (Å²) in [5.74, 6) is 2.32. The first-order valence-corrected chi connectivity index (χ1v) is 18.0. The van der Waals surface area contributed by atoms with Crippen molar-refractivity contribution in [1.29, 1.82) is 5.26 Å². The number of carbonyl (C=O) groups excluding carboxylic acids is 2. The number of ether oxygens (including phenoxy) is 3. The smallest absolute Gasteiger partial charge is 0.373 e. The minimum absolute atomic E-state index is 0.00161. The lowest BCUT2D eigenvalue weighted by Gasteiger charge is -2.29. The predicted octanol–water partition coefficient (Wildman–Crippen LogP) is 7.18. The fourth-order valence-electron chi connectivity index (χ4n) is 6.67. The zero-order chi connectivity index (χ0) is 37.0. The minimum atomic E-state index is -0.211. The number of nitrogens with zero attached hydrogens (tertiary/aromatic N) is 3. The van der Waals surface area contributed by atoms with Crippen LogP contribution in [0.2, 0.25) is 10.0 Å². The van der Waals surface area contributed by atoms with E-state index < -0.39 is 0 Å². The molecule has 1 aliphatic heterocycles. The second kappa shape index (κ2) is 18.9. The molecule has 1 saturated heterocycles. The zero-order valence-corrected chi connectivity index (χ0v) is 30.8. The van der Waals surface area contributed by atoms with Crippen molar-refractivity contribution in [3.05, 3.63) is 105 Å². The van der Waals surface area contributed by atoms with Crippen molar-refractivity contribution in [2.75, 3.05) is 33.4 Å². The number of rotatable bonds is 13. The molecule has 2 N–H and O–H groups in total. The number of nitrogens with one attached hydrogen (secondary N) is 1. The molecule has 0 radical (unpaired) electrons. The Balaban J connectivity index is 0.00000168. The minimum Gasteiger partial charge on any atom is -0.492 e. The molecule has 3 atom stereocenters. The molecule has 0 amide bonds. The van der Waals surface area contributed by atoms with Gasteiger partial charge in [-0.25, -0.2) is 0 Å². The van der Waals surface area contributed by atoms with E-state index in [4.69, 9.17) is 47.0 Å². The number of likely N-dealkylation sites (tertiary alicyclic amines) is 1. The summed E-state index contributed by atoms with van der Waals surface area (Å²) in [5, 5.41) is 23.2. The van der Waals surface area contributed by atoms with Crippen LogP contribution in [0.3, 0.4) is 0 Å². The highest BCUT2D eigenvalue weighted by atomic mass is 35.5. The van der Waals surface area contributed by atoms with E-state index in [1.54, 1.807) is 12.3 Å². The largest absolute Gasteiger partial charge is 0.492 e. The molecular formula is C40H42Cl2N4O6. The Morgan fingerprint density at radius 1 is 1.04 bits per heavy atom. The molecule has 272 valence electrons. The number of hydrogen-bond acceptors (Lipinski definition) is 10. The number of benzene rings is 3. The van der Waals surface area contributed by atoms with Gasteiger partial charge in [0.25, 0.3) is 0 Å². The lowest BCUT2D eigenvalue weighted by molar-refractivity contribution is -0.191. The van der Waals surface area contributed by atoms with Crippen LogP contribution in [0.25, 0.3) is 11.1 Å². The predicted molar refractivity (Wildman–Crippen MR) is 197 cm³/mol. The number of piperidine rings is 1. The Labute approximate surface area is 314 Å². The van der Waals surface area contributed by atoms with Crippen molar-refractivity contribution in [2.45, 2.75) is 57.9 Å². The number of fused-ring (bicyclic) bond motifs is 1. The van der Waals surface area contributed by atoms with Gasteiger partial charge >= 0.3 is 6.15 Å². The molecule has 0 spiro atoms. The number of aliphatic hydroxyl groups is 1. The summed E-state index contributed by atoms with van der Waals surface area (Å²) in [7, 11) is 2.16. The molecule has 3 aromatic carbocycles. The lowest BCUT2D eigenvalue weighted by Crippen LogP contribution is -2.34. The SMILES string of the molecule is C[C@H](CO)NCc1cc(Cl)c(OC2CCc3c(-c4cccc(OCC5CCCN(C)C5)c4Cl)cccc32)cc1OCc1cncc(C#N)c1.O=C=O. The van der Waals surface area contributed by atoms with Crippen molar-refractivity contribution < 1.29 is 28.9 Å². The van der Waals surface area contributed by atoms with Crippen LogP contribution < -0.4 is 19.5 Å². The molecule has 0 saturated carbocycles. The Morgan fingerprint density at radius 2 is 1.83 bits per heavy atom. The highest BCUT2D eigenvalue weighted by molar-refractivity contribution is 6.35. The van der Waals surface area contributed by atoms with E-state index in [-0.39, 0.29) is 31.5 Å². The Hall–Kier alpha value is -4.46. The number of halogens is 2. The van der Waals surface area contributed by atoms with Crippen LogP contribution in [-0.4, -0.2) is 60.5 Å². The van der Waals surface area contributed by atoms with E-state index in [9.17, 15) is 10.4 Å². The number of aromatic nitrogens is 1. The van der Waals surface area contributed by atoms with Gasteiger partial charge in [0.1, 0.15) is 36.0 Å². The first-order valence-electron chi connectivity index (χ1n) is 17.3. The fourth-order valence-corrected chi connectivity index (χ4v) is 7.18. The number of pyridine rings is 1. The molecule has 1 aliphatic carbocycles. The third-order valence-electron chi connectivity index (χ3n) is 9.28. The molecule has 1 fully saturated rings. The molecule has 2 unspecified atom stereocenters. The average molecular weight is 746 g/mol. The van der Waals surface area contributed by atoms with Crippen LogP contribution in [0.4, 0.5) is 0 Å². The lowest BCUT2D eigenvalue weighted by atomic mass is 9.96. The van der Waals surface area contributed by atoms with Crippen molar-refractivity contribution in [3.8, 4) is 34.4 Å². The van der Waals surface area contributed by atoms with Gasteiger partial charge in [-0.15, -0.1) is 0 Å². The van der Waals surface area contributed by atoms with Crippen LogP contribution in [0.5, 0.6) is 17.2 Å². The highest BCUT2D eigenvalue weighted by Crippen LogP contribution is 2.45. The third-order valence-corrected chi connectivity index (χ3v) is 9.97. The van der Waals surface area contributed by atoms with Gasteiger partial charge in [-0.1, -0.05) is 53.5 Å². The van der Waals surface area contributed by atoms with Gasteiger partial charge in [-0.2, -0.15) is 14.9 Å². The second-order valence-corrected chi connectivity index (χ2v) is 13.9. The molecule has 2 aliphatic rings. The molecule has 2 heterocycles. The van der Waals surface area contributed by atoms with E-state index >= 15 is 0 Å². The highest BCUT2D eigenvalue weighted by Gasteiger charge is 2.29. The number of hydrogen-bond donors (Lipinski definition) is 2. The van der Waals surface area contributed by atoms with Gasteiger partial charge in [0.2, 0.25) is 0 Å². The van der Waals surface area contributed by atoms with Crippen LogP contribution in [0.1, 0.15) is 60.1 Å². The van der Waals surface area contributed by atoms with E-state index in [0.29, 0.717) is 51.9 Å². The topological polar surface area (TPSA) is 134 Å². The summed E-state index contributed by atoms with van der Waals surface area (Å²) in [6, 6.07) is 19.7. The summed E-state index contributed by atoms with van der Waals surface area (Å²) in [6.07, 6.45) is 7.21. The van der Waals surface area contributed by atoms with E-state index in [1.165, 1.54) is 24.6 Å². The third kappa shape index (κ3) is 9.90. The summed E-state index contributed by atoms with van der Waals surface area (Å²) in [4.78, 5) is 22.8. The first kappa shape index (κ1) is 38.8. The Kier molecular flexibility index (Phi) is 14.1. The van der Waals surface area contributed by atoms with Crippen molar-refractivity contribution in [3.63, 3.8) is 0 Å². The summed E-state index contributed by atoms with van der Waals surface area (Å²) in [5.41, 5.74) is 6.40. The van der Waals surface area contributed by atoms with Crippen LogP contribution in [-0.2, 0) is 29.2 Å². The van der Waals surface area contributed by atoms with Crippen molar-refractivity contribution in [2.24, 2.45) is 5.92 Å². The van der Waals surface area contributed by atoms with Crippen molar-refractivity contribution >= 4 is 29.4 Å². The fraction of sp³-hybridized carbons (Fsp3) is 0.375. The van der Waals surface area contributed by atoms with Crippen LogP contribution in [0, 0.1) is 17.2 Å². The van der Waals surface area contributed by atoms with Gasteiger partial charge in [-0.3, -0.25) is 4.98 Å². The molecule has 0 bridgehead atoms. The van der Waals surface area contributed by atoms with Gasteiger partial charge in [0, 0.05) is 60.2 Å². The normalized spacial score (nSPS) is 17.2. The number of nitriles is 1. The van der Waals surface area contributed by atoms with Gasteiger partial charge < -0.3 is 29.5 Å². The monoisotopic (exact) mass is 744 g/mol. The van der Waals surface area contributed by atoms with Gasteiger partial charge in [0.05, 0.1) is 28.8 Å². The molecule has 12 heteroatoms. The second-order valence-electron chi connectivity index (χ2n) is 13.1. The standard InChI is InChI=1S/C39H42Cl2N4O4.CO2/c1-25(22-46)44-20-29-15-34(40)38(16-37(29)48-24-28-14-27(17-42)18-43-19-28)49-35-12-11-31-30(7-3-8-32(31)35)33-9-4-10-36(39(33)41)47-23-26-6-5-13-45(2)21-26;2-1-3/h3-4,7-10,14-16,18-19,25-26,35,44,46H,5-6,11-13,20-24H2,1-2H3;/t25-,26?,35?;/m1./s1. The maximum absolute atomic E-state index is 9.54. The molecule has 10 nitrogen and oxygen atoms in total. The van der Waals surface area contributed by atoms with Crippen LogP contribution in [0.15, 0.2) is 67.0 Å². The quantitative estimate of drug-likeness (QED) is 0.145. The average Bonchev–Trinajstić information content (AvgIpc) is 3.57. The summed E-state index contributed by atoms with van der Waals surface area (Å²) in [6.45, 7) is 5.38. The molecule has 52 heavy (non-hydrogen) atoms. The van der Waals surface area contributed by atoms with Crippen LogP contribution >= 0.6 is 23.2 Å².